The molecule has 2 aliphatic rings. The number of rotatable bonds is 8. The molecular weight excluding hydrogens is 486 g/mol. The molecule has 0 N–H and O–H groups in total. The molecule has 3 aromatic rings. The van der Waals surface area contributed by atoms with Crippen molar-refractivity contribution in [2.24, 2.45) is 0 Å². The number of amides is 2. The summed E-state index contributed by atoms with van der Waals surface area (Å²) in [7, 11) is 0. The van der Waals surface area contributed by atoms with Gasteiger partial charge in [0.1, 0.15) is 5.75 Å². The maximum atomic E-state index is 13.4. The van der Waals surface area contributed by atoms with Crippen LogP contribution in [0.1, 0.15) is 36.9 Å². The van der Waals surface area contributed by atoms with Gasteiger partial charge in [-0.05, 0) is 53.9 Å². The van der Waals surface area contributed by atoms with Crippen molar-refractivity contribution in [3.05, 3.63) is 95.0 Å². The third kappa shape index (κ3) is 5.57. The summed E-state index contributed by atoms with van der Waals surface area (Å²) in [6.45, 7) is 5.72. The van der Waals surface area contributed by atoms with E-state index in [1.807, 2.05) is 30.3 Å². The molecule has 0 aliphatic carbocycles. The van der Waals surface area contributed by atoms with Gasteiger partial charge in [-0.3, -0.25) is 19.4 Å². The van der Waals surface area contributed by atoms with Gasteiger partial charge in [-0.2, -0.15) is 0 Å². The van der Waals surface area contributed by atoms with Gasteiger partial charge >= 0.3 is 0 Å². The SMILES string of the molecule is CCCOc1ccc(N2C(=O)CC(N3CCN(C(c4ccccc4)c4ccc(Cl)cc4)CC3)C2=O)cc1. The average molecular weight is 518 g/mol. The number of carbonyl (C=O) groups is 2. The maximum Gasteiger partial charge on any atom is 0.251 e. The first-order valence-electron chi connectivity index (χ1n) is 12.9. The van der Waals surface area contributed by atoms with Crippen molar-refractivity contribution in [3.8, 4) is 5.75 Å². The summed E-state index contributed by atoms with van der Waals surface area (Å²) in [5, 5.41) is 0.720. The van der Waals surface area contributed by atoms with Crippen LogP contribution in [0.3, 0.4) is 0 Å². The average Bonchev–Trinajstić information content (AvgIpc) is 3.23. The van der Waals surface area contributed by atoms with Crippen LogP contribution >= 0.6 is 11.6 Å². The van der Waals surface area contributed by atoms with E-state index in [0.29, 0.717) is 12.3 Å². The highest BCUT2D eigenvalue weighted by Gasteiger charge is 2.43. The van der Waals surface area contributed by atoms with Crippen molar-refractivity contribution in [2.45, 2.75) is 31.8 Å². The van der Waals surface area contributed by atoms with Gasteiger partial charge in [-0.1, -0.05) is 61.0 Å². The number of hydrogen-bond acceptors (Lipinski definition) is 5. The number of imide groups is 1. The molecule has 192 valence electrons. The molecule has 0 bridgehead atoms. The Labute approximate surface area is 223 Å². The normalized spacial score (nSPS) is 19.8. The Balaban J connectivity index is 1.27. The van der Waals surface area contributed by atoms with Crippen molar-refractivity contribution in [3.63, 3.8) is 0 Å². The smallest absolute Gasteiger partial charge is 0.251 e. The Morgan fingerprint density at radius 3 is 2.16 bits per heavy atom. The van der Waals surface area contributed by atoms with E-state index < -0.39 is 6.04 Å². The summed E-state index contributed by atoms with van der Waals surface area (Å²) < 4.78 is 5.63. The van der Waals surface area contributed by atoms with E-state index in [-0.39, 0.29) is 24.3 Å². The van der Waals surface area contributed by atoms with E-state index in [2.05, 4.69) is 53.1 Å². The summed E-state index contributed by atoms with van der Waals surface area (Å²) in [5.74, 6) is 0.451. The fourth-order valence-electron chi connectivity index (χ4n) is 5.29. The fraction of sp³-hybridized carbons (Fsp3) is 0.333. The number of hydrogen-bond donors (Lipinski definition) is 0. The summed E-state index contributed by atoms with van der Waals surface area (Å²) in [5.41, 5.74) is 3.02. The second-order valence-corrected chi connectivity index (χ2v) is 10.0. The van der Waals surface area contributed by atoms with Gasteiger partial charge < -0.3 is 4.74 Å². The van der Waals surface area contributed by atoms with Crippen LogP contribution in [0.15, 0.2) is 78.9 Å². The summed E-state index contributed by atoms with van der Waals surface area (Å²) >= 11 is 6.16. The topological polar surface area (TPSA) is 53.1 Å². The first-order valence-corrected chi connectivity index (χ1v) is 13.3. The molecule has 0 spiro atoms. The first-order chi connectivity index (χ1) is 18.0. The molecule has 2 amide bonds. The van der Waals surface area contributed by atoms with Gasteiger partial charge in [0.2, 0.25) is 5.91 Å². The lowest BCUT2D eigenvalue weighted by Gasteiger charge is -2.41. The summed E-state index contributed by atoms with van der Waals surface area (Å²) in [6.07, 6.45) is 1.14. The predicted molar refractivity (Wildman–Crippen MR) is 146 cm³/mol. The number of ether oxygens (including phenoxy) is 1. The maximum absolute atomic E-state index is 13.4. The number of halogens is 1. The molecular formula is C30H32ClN3O3. The van der Waals surface area contributed by atoms with Gasteiger partial charge in [0.15, 0.2) is 0 Å². The molecule has 0 aromatic heterocycles. The van der Waals surface area contributed by atoms with Crippen LogP contribution in [0, 0.1) is 0 Å². The molecule has 2 unspecified atom stereocenters. The van der Waals surface area contributed by atoms with Crippen LogP contribution in [0.4, 0.5) is 5.69 Å². The van der Waals surface area contributed by atoms with Gasteiger partial charge in [0.05, 0.1) is 30.8 Å². The Kier molecular flexibility index (Phi) is 7.89. The van der Waals surface area contributed by atoms with Crippen LogP contribution in [-0.4, -0.2) is 60.4 Å². The van der Waals surface area contributed by atoms with Crippen LogP contribution in [-0.2, 0) is 9.59 Å². The Morgan fingerprint density at radius 1 is 0.865 bits per heavy atom. The van der Waals surface area contributed by atoms with E-state index in [1.165, 1.54) is 16.0 Å². The lowest BCUT2D eigenvalue weighted by atomic mass is 9.96. The molecule has 2 saturated heterocycles. The molecule has 6 nitrogen and oxygen atoms in total. The van der Waals surface area contributed by atoms with E-state index in [1.54, 1.807) is 12.1 Å². The summed E-state index contributed by atoms with van der Waals surface area (Å²) in [6, 6.07) is 25.4. The lowest BCUT2D eigenvalue weighted by Crippen LogP contribution is -2.53. The van der Waals surface area contributed by atoms with E-state index >= 15 is 0 Å². The summed E-state index contributed by atoms with van der Waals surface area (Å²) in [4.78, 5) is 32.2. The number of benzene rings is 3. The van der Waals surface area contributed by atoms with Crippen LogP contribution in [0.2, 0.25) is 5.02 Å². The van der Waals surface area contributed by atoms with Gasteiger partial charge in [-0.15, -0.1) is 0 Å². The molecule has 3 aromatic carbocycles. The molecule has 5 rings (SSSR count). The predicted octanol–water partition coefficient (Wildman–Crippen LogP) is 5.17. The fourth-order valence-corrected chi connectivity index (χ4v) is 5.41. The zero-order chi connectivity index (χ0) is 25.8. The van der Waals surface area contributed by atoms with E-state index in [9.17, 15) is 9.59 Å². The molecule has 2 fully saturated rings. The minimum atomic E-state index is -0.420. The third-order valence-electron chi connectivity index (χ3n) is 7.15. The minimum absolute atomic E-state index is 0.103. The first kappa shape index (κ1) is 25.5. The zero-order valence-electron chi connectivity index (χ0n) is 21.1. The third-order valence-corrected chi connectivity index (χ3v) is 7.40. The molecule has 0 radical (unpaired) electrons. The zero-order valence-corrected chi connectivity index (χ0v) is 21.8. The lowest BCUT2D eigenvalue weighted by molar-refractivity contribution is -0.123. The highest BCUT2D eigenvalue weighted by atomic mass is 35.5. The number of piperazine rings is 1. The highest BCUT2D eigenvalue weighted by molar-refractivity contribution is 6.30. The Hall–Kier alpha value is -3.19. The molecule has 2 heterocycles. The van der Waals surface area contributed by atoms with Crippen molar-refractivity contribution in [2.75, 3.05) is 37.7 Å². The second kappa shape index (κ2) is 11.5. The quantitative estimate of drug-likeness (QED) is 0.386. The number of anilines is 1. The molecule has 7 heteroatoms. The highest BCUT2D eigenvalue weighted by Crippen LogP contribution is 2.32. The standard InChI is InChI=1S/C30H32ClN3O3/c1-2-20-37-26-14-12-25(13-15-26)34-28(35)21-27(30(34)36)32-16-18-33(19-17-32)29(22-6-4-3-5-7-22)23-8-10-24(31)11-9-23/h3-15,27,29H,2,16-21H2,1H3. The number of nitrogens with zero attached hydrogens (tertiary/aromatic N) is 3. The minimum Gasteiger partial charge on any atom is -0.494 e. The molecule has 37 heavy (non-hydrogen) atoms. The van der Waals surface area contributed by atoms with Crippen molar-refractivity contribution in [1.82, 2.24) is 9.80 Å². The van der Waals surface area contributed by atoms with Crippen LogP contribution < -0.4 is 9.64 Å². The number of carbonyl (C=O) groups excluding carboxylic acids is 2. The van der Waals surface area contributed by atoms with E-state index in [4.69, 9.17) is 16.3 Å². The second-order valence-electron chi connectivity index (χ2n) is 9.57. The van der Waals surface area contributed by atoms with Gasteiger partial charge in [0, 0.05) is 31.2 Å². The molecule has 0 saturated carbocycles. The van der Waals surface area contributed by atoms with Crippen LogP contribution in [0.25, 0.3) is 0 Å². The largest absolute Gasteiger partial charge is 0.494 e. The molecule has 2 aliphatic heterocycles. The molecule has 2 atom stereocenters. The van der Waals surface area contributed by atoms with E-state index in [0.717, 1.165) is 43.4 Å². The Morgan fingerprint density at radius 2 is 1.51 bits per heavy atom. The van der Waals surface area contributed by atoms with Crippen molar-refractivity contribution in [1.29, 1.82) is 0 Å². The van der Waals surface area contributed by atoms with Crippen molar-refractivity contribution >= 4 is 29.1 Å². The van der Waals surface area contributed by atoms with Gasteiger partial charge in [-0.25, -0.2) is 4.90 Å². The Bertz CT molecular complexity index is 1210. The van der Waals surface area contributed by atoms with Crippen LogP contribution in [0.5, 0.6) is 5.75 Å². The monoisotopic (exact) mass is 517 g/mol. The van der Waals surface area contributed by atoms with Crippen molar-refractivity contribution < 1.29 is 14.3 Å². The van der Waals surface area contributed by atoms with Gasteiger partial charge in [0.25, 0.3) is 5.91 Å².